The van der Waals surface area contributed by atoms with Gasteiger partial charge in [0.1, 0.15) is 0 Å². The number of para-hydroxylation sites is 1. The third-order valence-corrected chi connectivity index (χ3v) is 1.42. The van der Waals surface area contributed by atoms with Crippen LogP contribution in [-0.2, 0) is 6.61 Å². The Balaban J connectivity index is 3.29. The summed E-state index contributed by atoms with van der Waals surface area (Å²) in [7, 11) is 0. The molecule has 5 heteroatoms. The highest BCUT2D eigenvalue weighted by Crippen LogP contribution is 2.21. The average molecular weight is 171 g/mol. The van der Waals surface area contributed by atoms with E-state index in [-0.39, 0.29) is 5.56 Å². The maximum absolute atomic E-state index is 12.7. The number of benzene rings is 1. The Labute approximate surface area is 67.4 Å². The molecule has 0 heterocycles. The summed E-state index contributed by atoms with van der Waals surface area (Å²) >= 11 is 0. The predicted octanol–water partition coefficient (Wildman–Crippen LogP) is 1.23. The van der Waals surface area contributed by atoms with E-state index in [4.69, 9.17) is 5.11 Å². The van der Waals surface area contributed by atoms with Gasteiger partial charge in [0.05, 0.1) is 17.1 Å². The molecule has 0 amide bonds. The van der Waals surface area contributed by atoms with Gasteiger partial charge in [0.2, 0.25) is 5.82 Å². The fourth-order valence-corrected chi connectivity index (χ4v) is 0.892. The van der Waals surface area contributed by atoms with Crippen LogP contribution in [0.4, 0.5) is 10.1 Å². The molecule has 0 aromatic heterocycles. The lowest BCUT2D eigenvalue weighted by Gasteiger charge is -1.98. The van der Waals surface area contributed by atoms with Gasteiger partial charge in [-0.2, -0.15) is 4.39 Å². The van der Waals surface area contributed by atoms with E-state index in [1.165, 1.54) is 12.1 Å². The number of aliphatic hydroxyl groups is 1. The van der Waals surface area contributed by atoms with Crippen molar-refractivity contribution in [3.05, 3.63) is 39.7 Å². The molecule has 12 heavy (non-hydrogen) atoms. The fraction of sp³-hybridized carbons (Fsp3) is 0.143. The van der Waals surface area contributed by atoms with Crippen molar-refractivity contribution in [3.63, 3.8) is 0 Å². The van der Waals surface area contributed by atoms with E-state index in [1.54, 1.807) is 0 Å². The Bertz CT molecular complexity index is 314. The van der Waals surface area contributed by atoms with Crippen molar-refractivity contribution in [1.82, 2.24) is 0 Å². The first-order valence-corrected chi connectivity index (χ1v) is 3.19. The number of rotatable bonds is 2. The molecule has 4 nitrogen and oxygen atoms in total. The first-order valence-electron chi connectivity index (χ1n) is 3.19. The number of aliphatic hydroxyl groups excluding tert-OH is 1. The van der Waals surface area contributed by atoms with Crippen LogP contribution in [0, 0.1) is 15.9 Å². The molecule has 1 aromatic rings. The van der Waals surface area contributed by atoms with Gasteiger partial charge in [0.25, 0.3) is 0 Å². The number of nitro groups is 1. The van der Waals surface area contributed by atoms with E-state index in [2.05, 4.69) is 0 Å². The van der Waals surface area contributed by atoms with Crippen molar-refractivity contribution in [2.75, 3.05) is 0 Å². The zero-order chi connectivity index (χ0) is 9.14. The molecule has 0 spiro atoms. The number of nitrogens with zero attached hydrogens (tertiary/aromatic N) is 1. The summed E-state index contributed by atoms with van der Waals surface area (Å²) < 4.78 is 12.7. The van der Waals surface area contributed by atoms with Gasteiger partial charge in [-0.3, -0.25) is 10.1 Å². The number of hydrogen-bond acceptors (Lipinski definition) is 3. The summed E-state index contributed by atoms with van der Waals surface area (Å²) in [4.78, 5) is 9.41. The van der Waals surface area contributed by atoms with Crippen molar-refractivity contribution in [3.8, 4) is 0 Å². The van der Waals surface area contributed by atoms with E-state index < -0.39 is 23.0 Å². The van der Waals surface area contributed by atoms with Crippen LogP contribution in [0.25, 0.3) is 0 Å². The first-order chi connectivity index (χ1) is 5.66. The molecule has 1 rings (SSSR count). The second-order valence-electron chi connectivity index (χ2n) is 2.16. The molecule has 0 saturated carbocycles. The molecule has 1 N–H and O–H groups in total. The van der Waals surface area contributed by atoms with Crippen LogP contribution in [0.3, 0.4) is 0 Å². The van der Waals surface area contributed by atoms with Gasteiger partial charge in [-0.15, -0.1) is 0 Å². The zero-order valence-corrected chi connectivity index (χ0v) is 6.03. The molecule has 0 aliphatic carbocycles. The molecule has 0 aliphatic rings. The van der Waals surface area contributed by atoms with Gasteiger partial charge < -0.3 is 5.11 Å². The van der Waals surface area contributed by atoms with Gasteiger partial charge in [0.15, 0.2) is 0 Å². The van der Waals surface area contributed by atoms with Crippen LogP contribution in [-0.4, -0.2) is 10.0 Å². The molecule has 0 atom stereocenters. The normalized spacial score (nSPS) is 9.83. The average Bonchev–Trinajstić information content (AvgIpc) is 2.03. The van der Waals surface area contributed by atoms with Crippen molar-refractivity contribution < 1.29 is 14.4 Å². The lowest BCUT2D eigenvalue weighted by atomic mass is 10.2. The standard InChI is InChI=1S/C7H6FNO3/c8-6-3-1-2-5(4-10)7(6)9(11)12/h1-3,10H,4H2. The molecule has 0 bridgehead atoms. The van der Waals surface area contributed by atoms with Crippen LogP contribution >= 0.6 is 0 Å². The predicted molar refractivity (Wildman–Crippen MR) is 39.0 cm³/mol. The summed E-state index contributed by atoms with van der Waals surface area (Å²) in [6.45, 7) is -0.534. The Morgan fingerprint density at radius 2 is 2.25 bits per heavy atom. The monoisotopic (exact) mass is 171 g/mol. The second-order valence-corrected chi connectivity index (χ2v) is 2.16. The topological polar surface area (TPSA) is 63.4 Å². The summed E-state index contributed by atoms with van der Waals surface area (Å²) in [6.07, 6.45) is 0. The van der Waals surface area contributed by atoms with Crippen LogP contribution in [0.15, 0.2) is 18.2 Å². The number of halogens is 1. The summed E-state index contributed by atoms with van der Waals surface area (Å²) in [5.74, 6) is -0.924. The van der Waals surface area contributed by atoms with E-state index in [0.29, 0.717) is 0 Å². The van der Waals surface area contributed by atoms with Crippen LogP contribution < -0.4 is 0 Å². The molecule has 0 saturated heterocycles. The van der Waals surface area contributed by atoms with Crippen molar-refractivity contribution in [2.45, 2.75) is 6.61 Å². The van der Waals surface area contributed by atoms with Crippen LogP contribution in [0.2, 0.25) is 0 Å². The minimum Gasteiger partial charge on any atom is -0.391 e. The highest BCUT2D eigenvalue weighted by Gasteiger charge is 2.18. The summed E-state index contributed by atoms with van der Waals surface area (Å²) in [6, 6.07) is 3.60. The number of nitro benzene ring substituents is 1. The lowest BCUT2D eigenvalue weighted by molar-refractivity contribution is -0.388. The maximum Gasteiger partial charge on any atom is 0.310 e. The molecule has 0 radical (unpaired) electrons. The Morgan fingerprint density at radius 3 is 2.67 bits per heavy atom. The Hall–Kier alpha value is -1.49. The largest absolute Gasteiger partial charge is 0.391 e. The van der Waals surface area contributed by atoms with Gasteiger partial charge in [-0.25, -0.2) is 0 Å². The van der Waals surface area contributed by atoms with Gasteiger partial charge >= 0.3 is 5.69 Å². The van der Waals surface area contributed by atoms with Crippen molar-refractivity contribution in [1.29, 1.82) is 0 Å². The third-order valence-electron chi connectivity index (χ3n) is 1.42. The fourth-order valence-electron chi connectivity index (χ4n) is 0.892. The zero-order valence-electron chi connectivity index (χ0n) is 6.03. The van der Waals surface area contributed by atoms with E-state index in [0.717, 1.165) is 6.07 Å². The third kappa shape index (κ3) is 1.40. The highest BCUT2D eigenvalue weighted by molar-refractivity contribution is 5.40. The van der Waals surface area contributed by atoms with Crippen molar-refractivity contribution in [2.24, 2.45) is 0 Å². The minimum atomic E-state index is -0.924. The quantitative estimate of drug-likeness (QED) is 0.537. The van der Waals surface area contributed by atoms with E-state index >= 15 is 0 Å². The number of hydrogen-bond donors (Lipinski definition) is 1. The molecule has 64 valence electrons. The lowest BCUT2D eigenvalue weighted by Crippen LogP contribution is -1.98. The highest BCUT2D eigenvalue weighted by atomic mass is 19.1. The van der Waals surface area contributed by atoms with E-state index in [9.17, 15) is 14.5 Å². The second kappa shape index (κ2) is 3.27. The molecule has 0 aliphatic heterocycles. The smallest absolute Gasteiger partial charge is 0.310 e. The summed E-state index contributed by atoms with van der Waals surface area (Å²) in [5, 5.41) is 18.9. The molecule has 0 unspecified atom stereocenters. The Morgan fingerprint density at radius 1 is 1.58 bits per heavy atom. The Kier molecular flexibility index (Phi) is 2.35. The molecule has 0 fully saturated rings. The van der Waals surface area contributed by atoms with E-state index in [1.807, 2.05) is 0 Å². The molecule has 1 aromatic carbocycles. The minimum absolute atomic E-state index is 0.0139. The van der Waals surface area contributed by atoms with Gasteiger partial charge in [-0.05, 0) is 12.1 Å². The van der Waals surface area contributed by atoms with Crippen molar-refractivity contribution >= 4 is 5.69 Å². The van der Waals surface area contributed by atoms with Gasteiger partial charge in [0, 0.05) is 0 Å². The first kappa shape index (κ1) is 8.61. The maximum atomic E-state index is 12.7. The SMILES string of the molecule is O=[N+]([O-])c1c(F)cccc1CO. The summed E-state index contributed by atoms with van der Waals surface area (Å²) in [5.41, 5.74) is -0.667. The molecular formula is C7H6FNO3. The molecular weight excluding hydrogens is 165 g/mol. The van der Waals surface area contributed by atoms with Crippen LogP contribution in [0.1, 0.15) is 5.56 Å². The van der Waals surface area contributed by atoms with Gasteiger partial charge in [-0.1, -0.05) is 6.07 Å². The van der Waals surface area contributed by atoms with Crippen LogP contribution in [0.5, 0.6) is 0 Å².